The summed E-state index contributed by atoms with van der Waals surface area (Å²) < 4.78 is 12.7. The van der Waals surface area contributed by atoms with E-state index in [1.165, 1.54) is 48.8 Å². The molecule has 3 nitrogen and oxygen atoms in total. The second kappa shape index (κ2) is 6.90. The minimum absolute atomic E-state index is 0.108. The zero-order chi connectivity index (χ0) is 21.5. The van der Waals surface area contributed by atoms with E-state index in [4.69, 9.17) is 9.47 Å². The normalized spacial score (nSPS) is 51.2. The van der Waals surface area contributed by atoms with Crippen LogP contribution in [0.4, 0.5) is 0 Å². The summed E-state index contributed by atoms with van der Waals surface area (Å²) >= 11 is 0. The molecule has 0 radical (unpaired) electrons. The van der Waals surface area contributed by atoms with Gasteiger partial charge in [-0.3, -0.25) is 4.79 Å². The molecule has 2 bridgehead atoms. The summed E-state index contributed by atoms with van der Waals surface area (Å²) in [5.41, 5.74) is 4.26. The van der Waals surface area contributed by atoms with Gasteiger partial charge in [-0.15, -0.1) is 0 Å². The molecule has 31 heavy (non-hydrogen) atoms. The molecule has 1 saturated heterocycles. The van der Waals surface area contributed by atoms with Crippen molar-refractivity contribution in [3.63, 3.8) is 0 Å². The van der Waals surface area contributed by atoms with Crippen LogP contribution in [-0.4, -0.2) is 24.8 Å². The lowest BCUT2D eigenvalue weighted by atomic mass is 9.47. The van der Waals surface area contributed by atoms with Crippen molar-refractivity contribution in [3.05, 3.63) is 34.9 Å². The lowest BCUT2D eigenvalue weighted by Crippen LogP contribution is -2.54. The van der Waals surface area contributed by atoms with Crippen LogP contribution in [0.25, 0.3) is 0 Å². The molecule has 2 heterocycles. The fraction of sp³-hybridized carbons (Fsp3) is 0.750. The smallest absolute Gasteiger partial charge is 0.180 e. The number of ether oxygens (including phenoxy) is 2. The van der Waals surface area contributed by atoms with E-state index < -0.39 is 0 Å². The Morgan fingerprint density at radius 3 is 2.61 bits per heavy atom. The Kier molecular flexibility index (Phi) is 4.55. The molecule has 0 aromatic rings. The zero-order valence-corrected chi connectivity index (χ0v) is 19.7. The number of fused-ring (bicyclic) bond motifs is 7. The van der Waals surface area contributed by atoms with Crippen LogP contribution in [0.2, 0.25) is 0 Å². The molecule has 0 unspecified atom stereocenters. The molecule has 3 heteroatoms. The first-order valence-corrected chi connectivity index (χ1v) is 12.7. The van der Waals surface area contributed by atoms with Gasteiger partial charge in [0.2, 0.25) is 0 Å². The highest BCUT2D eigenvalue weighted by Crippen LogP contribution is 2.67. The van der Waals surface area contributed by atoms with Gasteiger partial charge in [-0.2, -0.15) is 0 Å². The van der Waals surface area contributed by atoms with Crippen molar-refractivity contribution in [1.82, 2.24) is 0 Å². The third-order valence-corrected chi connectivity index (χ3v) is 10.9. The average molecular weight is 423 g/mol. The van der Waals surface area contributed by atoms with Crippen LogP contribution >= 0.6 is 0 Å². The molecule has 6 rings (SSSR count). The van der Waals surface area contributed by atoms with Crippen LogP contribution in [-0.2, 0) is 14.3 Å². The Labute approximate surface area is 187 Å². The Bertz CT molecular complexity index is 896. The molecule has 168 valence electrons. The standard InChI is InChI=1S/C28H38O3/c1-16-14-24-20(15-30-26(31-24)17(16)2)22-11-10-21-19-9-8-18-6-5-7-25(29)28(18,4)23(19)12-13-27(21,22)3/h5,7-8,19-24,26H,6,9-15H2,1-4H3/t19-,20-,21-,22+,23-,24+,26-,27-,28-/m0/s1. The Balaban J connectivity index is 1.28. The number of rotatable bonds is 1. The van der Waals surface area contributed by atoms with Gasteiger partial charge in [0, 0.05) is 5.92 Å². The predicted octanol–water partition coefficient (Wildman–Crippen LogP) is 6.01. The van der Waals surface area contributed by atoms with Gasteiger partial charge in [0.25, 0.3) is 0 Å². The van der Waals surface area contributed by atoms with Gasteiger partial charge in [0.15, 0.2) is 12.1 Å². The molecule has 0 N–H and O–H groups in total. The monoisotopic (exact) mass is 422 g/mol. The molecule has 0 spiro atoms. The van der Waals surface area contributed by atoms with Crippen LogP contribution in [0.15, 0.2) is 34.9 Å². The third kappa shape index (κ3) is 2.69. The second-order valence-corrected chi connectivity index (χ2v) is 11.9. The Morgan fingerprint density at radius 2 is 1.81 bits per heavy atom. The highest BCUT2D eigenvalue weighted by atomic mass is 16.7. The molecular formula is C28H38O3. The molecule has 3 fully saturated rings. The van der Waals surface area contributed by atoms with E-state index in [2.05, 4.69) is 39.8 Å². The molecule has 6 aliphatic rings. The van der Waals surface area contributed by atoms with Gasteiger partial charge in [0.05, 0.1) is 18.1 Å². The predicted molar refractivity (Wildman–Crippen MR) is 121 cm³/mol. The van der Waals surface area contributed by atoms with Crippen molar-refractivity contribution < 1.29 is 14.3 Å². The van der Waals surface area contributed by atoms with E-state index in [1.807, 2.05) is 6.08 Å². The highest BCUT2D eigenvalue weighted by Gasteiger charge is 2.61. The number of carbonyl (C=O) groups excluding carboxylic acids is 1. The van der Waals surface area contributed by atoms with E-state index in [9.17, 15) is 4.79 Å². The maximum atomic E-state index is 13.1. The Hall–Kier alpha value is -1.19. The molecule has 2 saturated carbocycles. The molecule has 4 aliphatic carbocycles. The Morgan fingerprint density at radius 1 is 1.03 bits per heavy atom. The minimum atomic E-state index is -0.246. The molecule has 0 aromatic carbocycles. The highest BCUT2D eigenvalue weighted by molar-refractivity contribution is 5.98. The first-order valence-electron chi connectivity index (χ1n) is 12.7. The largest absolute Gasteiger partial charge is 0.348 e. The van der Waals surface area contributed by atoms with E-state index in [1.54, 1.807) is 0 Å². The van der Waals surface area contributed by atoms with Crippen molar-refractivity contribution in [2.75, 3.05) is 6.61 Å². The summed E-state index contributed by atoms with van der Waals surface area (Å²) in [6.45, 7) is 10.1. The molecule has 9 atom stereocenters. The van der Waals surface area contributed by atoms with Gasteiger partial charge in [-0.25, -0.2) is 0 Å². The van der Waals surface area contributed by atoms with Crippen molar-refractivity contribution in [3.8, 4) is 0 Å². The zero-order valence-electron chi connectivity index (χ0n) is 19.7. The molecular weight excluding hydrogens is 384 g/mol. The molecule has 2 aliphatic heterocycles. The maximum Gasteiger partial charge on any atom is 0.180 e. The minimum Gasteiger partial charge on any atom is -0.348 e. The van der Waals surface area contributed by atoms with Crippen LogP contribution in [0.1, 0.15) is 72.6 Å². The van der Waals surface area contributed by atoms with Crippen LogP contribution < -0.4 is 0 Å². The van der Waals surface area contributed by atoms with Crippen molar-refractivity contribution >= 4 is 5.78 Å². The number of carbonyl (C=O) groups is 1. The number of hydrogen-bond acceptors (Lipinski definition) is 3. The summed E-state index contributed by atoms with van der Waals surface area (Å²) in [5.74, 6) is 3.45. The van der Waals surface area contributed by atoms with Crippen LogP contribution in [0, 0.1) is 40.4 Å². The maximum absolute atomic E-state index is 13.1. The quantitative estimate of drug-likeness (QED) is 0.486. The number of ketones is 1. The number of allylic oxidation sites excluding steroid dienone is 4. The van der Waals surface area contributed by atoms with E-state index in [0.29, 0.717) is 41.0 Å². The molecule has 0 amide bonds. The van der Waals surface area contributed by atoms with Crippen molar-refractivity contribution in [2.24, 2.45) is 40.4 Å². The summed E-state index contributed by atoms with van der Waals surface area (Å²) in [7, 11) is 0. The van der Waals surface area contributed by atoms with Crippen molar-refractivity contribution in [1.29, 1.82) is 0 Å². The topological polar surface area (TPSA) is 35.5 Å². The fourth-order valence-corrected chi connectivity index (χ4v) is 8.98. The first-order chi connectivity index (χ1) is 14.8. The van der Waals surface area contributed by atoms with Gasteiger partial charge >= 0.3 is 0 Å². The van der Waals surface area contributed by atoms with Gasteiger partial charge < -0.3 is 9.47 Å². The lowest BCUT2D eigenvalue weighted by Gasteiger charge is -2.57. The fourth-order valence-electron chi connectivity index (χ4n) is 8.98. The summed E-state index contributed by atoms with van der Waals surface area (Å²) in [4.78, 5) is 13.1. The molecule has 0 aromatic heterocycles. The summed E-state index contributed by atoms with van der Waals surface area (Å²) in [6, 6.07) is 0. The average Bonchev–Trinajstić information content (AvgIpc) is 3.10. The summed E-state index contributed by atoms with van der Waals surface area (Å²) in [5, 5.41) is 0. The first kappa shape index (κ1) is 20.4. The van der Waals surface area contributed by atoms with Crippen LogP contribution in [0.5, 0.6) is 0 Å². The van der Waals surface area contributed by atoms with Crippen molar-refractivity contribution in [2.45, 2.75) is 85.0 Å². The van der Waals surface area contributed by atoms with Gasteiger partial charge in [-0.1, -0.05) is 30.2 Å². The third-order valence-electron chi connectivity index (χ3n) is 10.9. The lowest BCUT2D eigenvalue weighted by molar-refractivity contribution is -0.241. The van der Waals surface area contributed by atoms with E-state index in [0.717, 1.165) is 25.4 Å². The van der Waals surface area contributed by atoms with E-state index in [-0.39, 0.29) is 11.7 Å². The summed E-state index contributed by atoms with van der Waals surface area (Å²) in [6.07, 6.45) is 14.9. The van der Waals surface area contributed by atoms with E-state index >= 15 is 0 Å². The van der Waals surface area contributed by atoms with Gasteiger partial charge in [-0.05, 0) is 106 Å². The number of hydrogen-bond donors (Lipinski definition) is 0. The van der Waals surface area contributed by atoms with Gasteiger partial charge in [0.1, 0.15) is 0 Å². The van der Waals surface area contributed by atoms with Crippen LogP contribution in [0.3, 0.4) is 0 Å². The SMILES string of the molecule is CC1=C(C)[C@H]2OC[C@@H]([C@H]3CC[C@H]4[C@@H]5CC=C6CC=CC(=O)[C@]6(C)[C@H]5CC[C@]34C)[C@@H](C1)O2. The second-order valence-electron chi connectivity index (χ2n) is 11.9.